The highest BCUT2D eigenvalue weighted by Gasteiger charge is 2.10. The van der Waals surface area contributed by atoms with Crippen molar-refractivity contribution in [1.82, 2.24) is 0 Å². The summed E-state index contributed by atoms with van der Waals surface area (Å²) in [6.45, 7) is 0. The number of thiophene rings is 1. The highest BCUT2D eigenvalue weighted by Crippen LogP contribution is 2.24. The molecule has 0 spiro atoms. The monoisotopic (exact) mass is 343 g/mol. The van der Waals surface area contributed by atoms with Crippen molar-refractivity contribution in [3.8, 4) is 0 Å². The summed E-state index contributed by atoms with van der Waals surface area (Å²) in [6, 6.07) is 8.17. The number of nitrogens with one attached hydrogen (secondary N) is 1. The van der Waals surface area contributed by atoms with Gasteiger partial charge < -0.3 is 10.4 Å². The van der Waals surface area contributed by atoms with E-state index in [4.69, 9.17) is 28.3 Å². The molecule has 0 fully saturated rings. The number of rotatable bonds is 5. The maximum atomic E-state index is 11.8. The smallest absolute Gasteiger partial charge is 0.345 e. The Bertz CT molecular complexity index is 685. The first-order chi connectivity index (χ1) is 9.95. The largest absolute Gasteiger partial charge is 0.477 e. The van der Waals surface area contributed by atoms with Crippen LogP contribution in [-0.2, 0) is 11.2 Å². The molecule has 0 saturated heterocycles. The Morgan fingerprint density at radius 3 is 2.57 bits per heavy atom. The van der Waals surface area contributed by atoms with Crippen LogP contribution < -0.4 is 5.32 Å². The third kappa shape index (κ3) is 4.46. The number of anilines is 1. The molecule has 2 aromatic rings. The van der Waals surface area contributed by atoms with Crippen molar-refractivity contribution in [2.45, 2.75) is 12.8 Å². The Morgan fingerprint density at radius 1 is 1.19 bits per heavy atom. The number of amides is 1. The second-order valence-electron chi connectivity index (χ2n) is 4.25. The maximum Gasteiger partial charge on any atom is 0.345 e. The number of hydrogen-bond donors (Lipinski definition) is 2. The van der Waals surface area contributed by atoms with Crippen LogP contribution in [0.25, 0.3) is 0 Å². The van der Waals surface area contributed by atoms with Crippen molar-refractivity contribution in [1.29, 1.82) is 0 Å². The number of aryl methyl sites for hydroxylation is 1. The Balaban J connectivity index is 1.91. The lowest BCUT2D eigenvalue weighted by molar-refractivity contribution is -0.116. The van der Waals surface area contributed by atoms with Crippen molar-refractivity contribution >= 4 is 51.4 Å². The van der Waals surface area contributed by atoms with E-state index in [0.29, 0.717) is 21.5 Å². The maximum absolute atomic E-state index is 11.8. The first-order valence-corrected chi connectivity index (χ1v) is 7.60. The zero-order valence-corrected chi connectivity index (χ0v) is 13.1. The molecular weight excluding hydrogens is 333 g/mol. The van der Waals surface area contributed by atoms with Crippen LogP contribution in [-0.4, -0.2) is 17.0 Å². The van der Waals surface area contributed by atoms with Crippen molar-refractivity contribution < 1.29 is 14.7 Å². The Hall–Kier alpha value is -1.56. The Kier molecular flexibility index (Phi) is 5.22. The van der Waals surface area contributed by atoms with Crippen LogP contribution in [0.5, 0.6) is 0 Å². The van der Waals surface area contributed by atoms with Gasteiger partial charge in [0.25, 0.3) is 0 Å². The standard InChI is InChI=1S/C14H11Cl2NO3S/c15-9-3-1-8(10(16)7-9)2-5-12(18)17-13-6-4-11(21-13)14(19)20/h1,3-4,6-7H,2,5H2,(H,17,18)(H,19,20). The third-order valence-corrected chi connectivity index (χ3v) is 4.29. The average Bonchev–Trinajstić information content (AvgIpc) is 2.86. The first kappa shape index (κ1) is 15.8. The molecule has 2 N–H and O–H groups in total. The van der Waals surface area contributed by atoms with Gasteiger partial charge in [-0.2, -0.15) is 0 Å². The second kappa shape index (κ2) is 6.93. The number of carboxylic acid groups (broad SMARTS) is 1. The van der Waals surface area contributed by atoms with Gasteiger partial charge in [-0.1, -0.05) is 29.3 Å². The molecule has 0 atom stereocenters. The van der Waals surface area contributed by atoms with Crippen molar-refractivity contribution in [3.63, 3.8) is 0 Å². The molecule has 0 aliphatic carbocycles. The average molecular weight is 344 g/mol. The number of aromatic carboxylic acids is 1. The van der Waals surface area contributed by atoms with Crippen LogP contribution in [0.4, 0.5) is 5.00 Å². The summed E-state index contributed by atoms with van der Waals surface area (Å²) >= 11 is 12.9. The topological polar surface area (TPSA) is 66.4 Å². The molecule has 0 saturated carbocycles. The van der Waals surface area contributed by atoms with Crippen molar-refractivity contribution in [3.05, 3.63) is 50.8 Å². The summed E-state index contributed by atoms with van der Waals surface area (Å²) in [5.41, 5.74) is 0.841. The number of halogens is 2. The fourth-order valence-electron chi connectivity index (χ4n) is 1.69. The van der Waals surface area contributed by atoms with E-state index in [9.17, 15) is 9.59 Å². The van der Waals surface area contributed by atoms with E-state index in [1.807, 2.05) is 0 Å². The number of carbonyl (C=O) groups excluding carboxylic acids is 1. The van der Waals surface area contributed by atoms with Crippen LogP contribution >= 0.6 is 34.5 Å². The molecule has 1 amide bonds. The zero-order valence-electron chi connectivity index (χ0n) is 10.7. The van der Waals surface area contributed by atoms with Crippen molar-refractivity contribution in [2.75, 3.05) is 5.32 Å². The van der Waals surface area contributed by atoms with E-state index in [0.717, 1.165) is 16.9 Å². The number of benzene rings is 1. The van der Waals surface area contributed by atoms with E-state index in [1.165, 1.54) is 6.07 Å². The Morgan fingerprint density at radius 2 is 1.95 bits per heavy atom. The van der Waals surface area contributed by atoms with Gasteiger partial charge in [0.15, 0.2) is 0 Å². The minimum atomic E-state index is -1.01. The predicted molar refractivity (Wildman–Crippen MR) is 84.7 cm³/mol. The van der Waals surface area contributed by atoms with E-state index in [-0.39, 0.29) is 17.2 Å². The van der Waals surface area contributed by atoms with Crippen LogP contribution in [0.2, 0.25) is 10.0 Å². The zero-order chi connectivity index (χ0) is 15.4. The summed E-state index contributed by atoms with van der Waals surface area (Å²) < 4.78 is 0. The molecule has 1 heterocycles. The number of hydrogen-bond acceptors (Lipinski definition) is 3. The van der Waals surface area contributed by atoms with Gasteiger partial charge in [-0.3, -0.25) is 4.79 Å². The molecule has 0 bridgehead atoms. The summed E-state index contributed by atoms with van der Waals surface area (Å²) in [4.78, 5) is 22.8. The van der Waals surface area contributed by atoms with E-state index in [2.05, 4.69) is 5.32 Å². The van der Waals surface area contributed by atoms with Crippen molar-refractivity contribution in [2.24, 2.45) is 0 Å². The molecule has 0 aliphatic heterocycles. The number of carboxylic acids is 1. The van der Waals surface area contributed by atoms with Gasteiger partial charge in [-0.25, -0.2) is 4.79 Å². The second-order valence-corrected chi connectivity index (χ2v) is 6.18. The van der Waals surface area contributed by atoms with Gasteiger partial charge in [0.05, 0.1) is 5.00 Å². The summed E-state index contributed by atoms with van der Waals surface area (Å²) in [5.74, 6) is -1.20. The molecular formula is C14H11Cl2NO3S. The minimum absolute atomic E-state index is 0.186. The molecule has 110 valence electrons. The fourth-order valence-corrected chi connectivity index (χ4v) is 2.96. The third-order valence-electron chi connectivity index (χ3n) is 2.72. The SMILES string of the molecule is O=C(CCc1ccc(Cl)cc1Cl)Nc1ccc(C(=O)O)s1. The first-order valence-electron chi connectivity index (χ1n) is 6.02. The van der Waals surface area contributed by atoms with E-state index >= 15 is 0 Å². The van der Waals surface area contributed by atoms with Gasteiger partial charge >= 0.3 is 5.97 Å². The molecule has 0 aliphatic rings. The van der Waals surface area contributed by atoms with Gasteiger partial charge in [-0.05, 0) is 36.2 Å². The molecule has 0 radical (unpaired) electrons. The van der Waals surface area contributed by atoms with Crippen LogP contribution in [0.1, 0.15) is 21.7 Å². The van der Waals surface area contributed by atoms with Crippen LogP contribution in [0, 0.1) is 0 Å². The molecule has 4 nitrogen and oxygen atoms in total. The van der Waals surface area contributed by atoms with E-state index in [1.54, 1.807) is 24.3 Å². The van der Waals surface area contributed by atoms with Gasteiger partial charge in [0.2, 0.25) is 5.91 Å². The summed E-state index contributed by atoms with van der Waals surface area (Å²) in [5, 5.41) is 13.1. The van der Waals surface area contributed by atoms with Crippen LogP contribution in [0.3, 0.4) is 0 Å². The van der Waals surface area contributed by atoms with Crippen LogP contribution in [0.15, 0.2) is 30.3 Å². The fraction of sp³-hybridized carbons (Fsp3) is 0.143. The molecule has 7 heteroatoms. The Labute approximate surface area is 135 Å². The summed E-state index contributed by atoms with van der Waals surface area (Å²) in [7, 11) is 0. The lowest BCUT2D eigenvalue weighted by atomic mass is 10.1. The normalized spacial score (nSPS) is 10.4. The number of carbonyl (C=O) groups is 2. The molecule has 2 rings (SSSR count). The van der Waals surface area contributed by atoms with E-state index < -0.39 is 5.97 Å². The molecule has 21 heavy (non-hydrogen) atoms. The summed E-state index contributed by atoms with van der Waals surface area (Å²) in [6.07, 6.45) is 0.737. The van der Waals surface area contributed by atoms with Gasteiger partial charge in [0, 0.05) is 16.5 Å². The van der Waals surface area contributed by atoms with Gasteiger partial charge in [0.1, 0.15) is 4.88 Å². The lowest BCUT2D eigenvalue weighted by Crippen LogP contribution is -2.11. The van der Waals surface area contributed by atoms with Gasteiger partial charge in [-0.15, -0.1) is 11.3 Å². The molecule has 1 aromatic heterocycles. The molecule has 1 aromatic carbocycles. The predicted octanol–water partition coefficient (Wildman–Crippen LogP) is 4.32. The molecule has 0 unspecified atom stereocenters. The highest BCUT2D eigenvalue weighted by atomic mass is 35.5. The quantitative estimate of drug-likeness (QED) is 0.849. The minimum Gasteiger partial charge on any atom is -0.477 e. The highest BCUT2D eigenvalue weighted by molar-refractivity contribution is 7.18. The lowest BCUT2D eigenvalue weighted by Gasteiger charge is -2.05.